The highest BCUT2D eigenvalue weighted by Gasteiger charge is 2.09. The Balaban J connectivity index is 2.65. The summed E-state index contributed by atoms with van der Waals surface area (Å²) >= 11 is 0. The van der Waals surface area contributed by atoms with Crippen LogP contribution in [0, 0.1) is 0 Å². The van der Waals surface area contributed by atoms with Gasteiger partial charge in [-0.25, -0.2) is 0 Å². The smallest absolute Gasteiger partial charge is 0.183 e. The van der Waals surface area contributed by atoms with E-state index in [2.05, 4.69) is 0 Å². The standard InChI is InChI=1S/C11H16O4/c1-13-10-5-3-9(4-6-10)11(14-2)15-8-7-12/h3-6,11-12H,7-8H2,1-2H3. The van der Waals surface area contributed by atoms with Crippen molar-refractivity contribution >= 4 is 0 Å². The second kappa shape index (κ2) is 6.40. The van der Waals surface area contributed by atoms with Gasteiger partial charge in [0.2, 0.25) is 0 Å². The Morgan fingerprint density at radius 3 is 2.33 bits per heavy atom. The molecule has 1 atom stereocenters. The molecule has 0 fully saturated rings. The number of hydrogen-bond acceptors (Lipinski definition) is 4. The maximum Gasteiger partial charge on any atom is 0.183 e. The summed E-state index contributed by atoms with van der Waals surface area (Å²) in [7, 11) is 3.18. The number of benzene rings is 1. The van der Waals surface area contributed by atoms with Gasteiger partial charge in [0.1, 0.15) is 5.75 Å². The van der Waals surface area contributed by atoms with Crippen molar-refractivity contribution in [3.8, 4) is 5.75 Å². The fourth-order valence-corrected chi connectivity index (χ4v) is 1.22. The molecule has 1 rings (SSSR count). The number of rotatable bonds is 6. The molecule has 0 saturated carbocycles. The SMILES string of the molecule is COc1ccc(C(OC)OCCO)cc1. The molecule has 0 aliphatic carbocycles. The normalized spacial score (nSPS) is 12.5. The third-order valence-corrected chi connectivity index (χ3v) is 1.96. The van der Waals surface area contributed by atoms with Crippen molar-refractivity contribution in [2.75, 3.05) is 27.4 Å². The largest absolute Gasteiger partial charge is 0.497 e. The number of aliphatic hydroxyl groups excluding tert-OH is 1. The van der Waals surface area contributed by atoms with Crippen molar-refractivity contribution in [2.24, 2.45) is 0 Å². The first-order valence-electron chi connectivity index (χ1n) is 4.71. The lowest BCUT2D eigenvalue weighted by Crippen LogP contribution is -2.09. The molecule has 1 aromatic rings. The zero-order valence-electron chi connectivity index (χ0n) is 8.97. The number of aliphatic hydroxyl groups is 1. The van der Waals surface area contributed by atoms with Crippen molar-refractivity contribution in [2.45, 2.75) is 6.29 Å². The minimum absolute atomic E-state index is 0.0178. The Bertz CT molecular complexity index is 270. The highest BCUT2D eigenvalue weighted by molar-refractivity contribution is 5.27. The molecule has 0 aliphatic rings. The van der Waals surface area contributed by atoms with E-state index in [-0.39, 0.29) is 13.2 Å². The Morgan fingerprint density at radius 1 is 1.20 bits per heavy atom. The Kier molecular flexibility index (Phi) is 5.10. The van der Waals surface area contributed by atoms with E-state index in [1.54, 1.807) is 14.2 Å². The molecule has 0 saturated heterocycles. The van der Waals surface area contributed by atoms with E-state index in [1.807, 2.05) is 24.3 Å². The molecule has 0 aromatic heterocycles. The van der Waals surface area contributed by atoms with Crippen LogP contribution in [0.2, 0.25) is 0 Å². The van der Waals surface area contributed by atoms with Crippen molar-refractivity contribution in [1.82, 2.24) is 0 Å². The second-order valence-corrected chi connectivity index (χ2v) is 2.94. The first-order chi connectivity index (χ1) is 7.31. The summed E-state index contributed by atoms with van der Waals surface area (Å²) in [6, 6.07) is 7.40. The van der Waals surface area contributed by atoms with Gasteiger partial charge in [0.25, 0.3) is 0 Å². The first-order valence-corrected chi connectivity index (χ1v) is 4.71. The van der Waals surface area contributed by atoms with E-state index in [0.717, 1.165) is 11.3 Å². The molecular weight excluding hydrogens is 196 g/mol. The van der Waals surface area contributed by atoms with Gasteiger partial charge >= 0.3 is 0 Å². The molecule has 0 amide bonds. The minimum Gasteiger partial charge on any atom is -0.497 e. The first kappa shape index (κ1) is 12.0. The van der Waals surface area contributed by atoms with E-state index in [1.165, 1.54) is 0 Å². The van der Waals surface area contributed by atoms with Crippen LogP contribution in [0.15, 0.2) is 24.3 Å². The number of hydrogen-bond donors (Lipinski definition) is 1. The summed E-state index contributed by atoms with van der Waals surface area (Å²) in [4.78, 5) is 0. The maximum atomic E-state index is 8.64. The zero-order chi connectivity index (χ0) is 11.1. The van der Waals surface area contributed by atoms with Crippen LogP contribution in [0.5, 0.6) is 5.75 Å². The van der Waals surface area contributed by atoms with E-state index in [9.17, 15) is 0 Å². The van der Waals surface area contributed by atoms with Gasteiger partial charge in [0.05, 0.1) is 20.3 Å². The minimum atomic E-state index is -0.442. The zero-order valence-corrected chi connectivity index (χ0v) is 8.97. The summed E-state index contributed by atoms with van der Waals surface area (Å²) in [6.45, 7) is 0.237. The Morgan fingerprint density at radius 2 is 1.87 bits per heavy atom. The van der Waals surface area contributed by atoms with Crippen LogP contribution in [0.3, 0.4) is 0 Å². The Hall–Kier alpha value is -1.10. The van der Waals surface area contributed by atoms with E-state index in [4.69, 9.17) is 19.3 Å². The van der Waals surface area contributed by atoms with Crippen LogP contribution in [-0.2, 0) is 9.47 Å². The molecule has 0 aliphatic heterocycles. The lowest BCUT2D eigenvalue weighted by atomic mass is 10.2. The third kappa shape index (κ3) is 3.51. The van der Waals surface area contributed by atoms with Gasteiger partial charge in [-0.05, 0) is 12.1 Å². The lowest BCUT2D eigenvalue weighted by Gasteiger charge is -2.16. The molecule has 0 heterocycles. The van der Waals surface area contributed by atoms with Gasteiger partial charge in [-0.15, -0.1) is 0 Å². The maximum absolute atomic E-state index is 8.64. The third-order valence-electron chi connectivity index (χ3n) is 1.96. The van der Waals surface area contributed by atoms with Crippen molar-refractivity contribution in [3.63, 3.8) is 0 Å². The molecule has 1 unspecified atom stereocenters. The van der Waals surface area contributed by atoms with Crippen LogP contribution in [-0.4, -0.2) is 32.5 Å². The summed E-state index contributed by atoms with van der Waals surface area (Å²) in [6.07, 6.45) is -0.442. The average molecular weight is 212 g/mol. The number of methoxy groups -OCH3 is 2. The van der Waals surface area contributed by atoms with Crippen molar-refractivity contribution in [3.05, 3.63) is 29.8 Å². The van der Waals surface area contributed by atoms with Gasteiger partial charge in [0, 0.05) is 12.7 Å². The predicted octanol–water partition coefficient (Wildman–Crippen LogP) is 1.35. The Labute approximate surface area is 89.4 Å². The van der Waals surface area contributed by atoms with Crippen molar-refractivity contribution < 1.29 is 19.3 Å². The lowest BCUT2D eigenvalue weighted by molar-refractivity contribution is -0.133. The van der Waals surface area contributed by atoms with Crippen LogP contribution in [0.1, 0.15) is 11.9 Å². The molecule has 0 spiro atoms. The van der Waals surface area contributed by atoms with Crippen LogP contribution in [0.4, 0.5) is 0 Å². The van der Waals surface area contributed by atoms with Gasteiger partial charge in [-0.1, -0.05) is 12.1 Å². The molecular formula is C11H16O4. The topological polar surface area (TPSA) is 47.9 Å². The van der Waals surface area contributed by atoms with E-state index < -0.39 is 6.29 Å². The quantitative estimate of drug-likeness (QED) is 0.723. The predicted molar refractivity (Wildman–Crippen MR) is 55.8 cm³/mol. The summed E-state index contributed by atoms with van der Waals surface area (Å²) in [5.74, 6) is 0.788. The molecule has 1 N–H and O–H groups in total. The molecule has 1 aromatic carbocycles. The second-order valence-electron chi connectivity index (χ2n) is 2.94. The highest BCUT2D eigenvalue weighted by atomic mass is 16.7. The van der Waals surface area contributed by atoms with Gasteiger partial charge in [-0.2, -0.15) is 0 Å². The average Bonchev–Trinajstić information content (AvgIpc) is 2.31. The van der Waals surface area contributed by atoms with Crippen molar-refractivity contribution in [1.29, 1.82) is 0 Å². The van der Waals surface area contributed by atoms with Gasteiger partial charge in [0.15, 0.2) is 6.29 Å². The van der Waals surface area contributed by atoms with E-state index >= 15 is 0 Å². The molecule has 4 heteroatoms. The van der Waals surface area contributed by atoms with Crippen LogP contribution < -0.4 is 4.74 Å². The van der Waals surface area contributed by atoms with Gasteiger partial charge in [-0.3, -0.25) is 0 Å². The fourth-order valence-electron chi connectivity index (χ4n) is 1.22. The monoisotopic (exact) mass is 212 g/mol. The highest BCUT2D eigenvalue weighted by Crippen LogP contribution is 2.20. The van der Waals surface area contributed by atoms with Gasteiger partial charge < -0.3 is 19.3 Å². The molecule has 84 valence electrons. The molecule has 0 bridgehead atoms. The molecule has 4 nitrogen and oxygen atoms in total. The number of ether oxygens (including phenoxy) is 3. The van der Waals surface area contributed by atoms with E-state index in [0.29, 0.717) is 0 Å². The fraction of sp³-hybridized carbons (Fsp3) is 0.455. The summed E-state index contributed by atoms with van der Waals surface area (Å²) in [5, 5.41) is 8.64. The van der Waals surface area contributed by atoms with Crippen LogP contribution in [0.25, 0.3) is 0 Å². The molecule has 0 radical (unpaired) electrons. The molecule has 15 heavy (non-hydrogen) atoms. The summed E-state index contributed by atoms with van der Waals surface area (Å²) in [5.41, 5.74) is 0.895. The van der Waals surface area contributed by atoms with Crippen LogP contribution >= 0.6 is 0 Å². The summed E-state index contributed by atoms with van der Waals surface area (Å²) < 4.78 is 15.5.